The van der Waals surface area contributed by atoms with E-state index in [0.29, 0.717) is 23.1 Å². The lowest BCUT2D eigenvalue weighted by Crippen LogP contribution is -2.03. The second-order valence-corrected chi connectivity index (χ2v) is 6.40. The van der Waals surface area contributed by atoms with Crippen molar-refractivity contribution in [3.63, 3.8) is 0 Å². The van der Waals surface area contributed by atoms with Gasteiger partial charge < -0.3 is 15.2 Å². The largest absolute Gasteiger partial charge is 0.480 e. The molecule has 0 aliphatic heterocycles. The molecular formula is C17H18IN3O2. The number of hydrogen-bond donors (Lipinski definition) is 1. The fourth-order valence-corrected chi connectivity index (χ4v) is 2.59. The zero-order chi connectivity index (χ0) is 17.0. The molecule has 5 nitrogen and oxygen atoms in total. The van der Waals surface area contributed by atoms with Gasteiger partial charge in [0.05, 0.1) is 9.77 Å². The Morgan fingerprint density at radius 3 is 2.65 bits per heavy atom. The third kappa shape index (κ3) is 4.26. The number of hydrogen-bond acceptors (Lipinski definition) is 5. The van der Waals surface area contributed by atoms with Crippen LogP contribution in [0.1, 0.15) is 31.2 Å². The van der Waals surface area contributed by atoms with Crippen molar-refractivity contribution < 1.29 is 9.47 Å². The zero-order valence-electron chi connectivity index (χ0n) is 13.3. The van der Waals surface area contributed by atoms with Crippen LogP contribution in [-0.2, 0) is 0 Å². The third-order valence-corrected chi connectivity index (χ3v) is 3.96. The van der Waals surface area contributed by atoms with Gasteiger partial charge in [0.15, 0.2) is 11.6 Å². The van der Waals surface area contributed by atoms with Gasteiger partial charge in [0.25, 0.3) is 0 Å². The van der Waals surface area contributed by atoms with Gasteiger partial charge >= 0.3 is 0 Å². The molecule has 23 heavy (non-hydrogen) atoms. The normalized spacial score (nSPS) is 10.4. The van der Waals surface area contributed by atoms with Crippen molar-refractivity contribution in [2.24, 2.45) is 0 Å². The van der Waals surface area contributed by atoms with E-state index >= 15 is 0 Å². The van der Waals surface area contributed by atoms with Crippen molar-refractivity contribution in [2.45, 2.75) is 26.7 Å². The van der Waals surface area contributed by atoms with Gasteiger partial charge in [-0.15, -0.1) is 6.42 Å². The van der Waals surface area contributed by atoms with E-state index in [1.165, 1.54) is 0 Å². The maximum Gasteiger partial charge on any atom is 0.187 e. The van der Waals surface area contributed by atoms with Crippen LogP contribution in [0.3, 0.4) is 0 Å². The van der Waals surface area contributed by atoms with Gasteiger partial charge in [-0.1, -0.05) is 19.8 Å². The number of halogens is 1. The minimum atomic E-state index is 0.229. The van der Waals surface area contributed by atoms with Crippen LogP contribution in [0.15, 0.2) is 18.3 Å². The number of aryl methyl sites for hydroxylation is 1. The van der Waals surface area contributed by atoms with Crippen molar-refractivity contribution in [1.82, 2.24) is 9.97 Å². The molecule has 0 saturated heterocycles. The van der Waals surface area contributed by atoms with E-state index in [-0.39, 0.29) is 12.5 Å². The Morgan fingerprint density at radius 2 is 2.04 bits per heavy atom. The lowest BCUT2D eigenvalue weighted by atomic mass is 10.0. The molecule has 1 aromatic heterocycles. The Bertz CT molecular complexity index is 754. The summed E-state index contributed by atoms with van der Waals surface area (Å²) >= 11 is 2.19. The van der Waals surface area contributed by atoms with Crippen LogP contribution in [0.4, 0.5) is 5.82 Å². The Kier molecular flexibility index (Phi) is 5.66. The van der Waals surface area contributed by atoms with Gasteiger partial charge in [-0.25, -0.2) is 9.97 Å². The first-order valence-electron chi connectivity index (χ1n) is 7.09. The summed E-state index contributed by atoms with van der Waals surface area (Å²) in [7, 11) is 0. The number of aromatic nitrogens is 2. The van der Waals surface area contributed by atoms with Crippen molar-refractivity contribution in [2.75, 3.05) is 12.3 Å². The number of nitrogens with zero attached hydrogens (tertiary/aromatic N) is 2. The van der Waals surface area contributed by atoms with E-state index in [1.807, 2.05) is 12.1 Å². The number of nitrogens with two attached hydrogens (primary N) is 1. The van der Waals surface area contributed by atoms with Crippen LogP contribution in [0.2, 0.25) is 0 Å². The fraction of sp³-hybridized carbons (Fsp3) is 0.294. The smallest absolute Gasteiger partial charge is 0.187 e. The van der Waals surface area contributed by atoms with Gasteiger partial charge in [-0.05, 0) is 47.6 Å². The first-order chi connectivity index (χ1) is 10.9. The van der Waals surface area contributed by atoms with Gasteiger partial charge in [0.1, 0.15) is 23.9 Å². The van der Waals surface area contributed by atoms with E-state index in [2.05, 4.69) is 52.3 Å². The first kappa shape index (κ1) is 17.3. The van der Waals surface area contributed by atoms with E-state index in [4.69, 9.17) is 21.6 Å². The highest BCUT2D eigenvalue weighted by atomic mass is 127. The monoisotopic (exact) mass is 423 g/mol. The summed E-state index contributed by atoms with van der Waals surface area (Å²) in [5.74, 6) is 5.51. The Hall–Kier alpha value is -2.01. The highest BCUT2D eigenvalue weighted by molar-refractivity contribution is 14.1. The lowest BCUT2D eigenvalue weighted by molar-refractivity contribution is 0.365. The SMILES string of the molecule is C#CCOc1cc(C(C)C)c(Oc2cnc(C)nc2N)cc1I. The van der Waals surface area contributed by atoms with Crippen LogP contribution >= 0.6 is 22.6 Å². The maximum absolute atomic E-state index is 5.95. The quantitative estimate of drug-likeness (QED) is 0.584. The molecule has 0 fully saturated rings. The predicted octanol–water partition coefficient (Wildman–Crippen LogP) is 3.90. The summed E-state index contributed by atoms with van der Waals surface area (Å²) in [6, 6.07) is 3.85. The van der Waals surface area contributed by atoms with Crippen LogP contribution < -0.4 is 15.2 Å². The molecule has 2 aromatic rings. The third-order valence-electron chi connectivity index (χ3n) is 3.12. The summed E-state index contributed by atoms with van der Waals surface area (Å²) in [4.78, 5) is 8.24. The van der Waals surface area contributed by atoms with Crippen LogP contribution in [0, 0.1) is 22.8 Å². The molecule has 0 saturated carbocycles. The molecule has 0 atom stereocenters. The molecule has 6 heteroatoms. The standard InChI is InChI=1S/C17H18IN3O2/c1-5-6-22-15-7-12(10(2)3)14(8-13(15)18)23-16-9-20-11(4)21-17(16)19/h1,7-10H,6H2,2-4H3,(H2,19,20,21). The Morgan fingerprint density at radius 1 is 1.30 bits per heavy atom. The molecule has 0 aliphatic rings. The average molecular weight is 423 g/mol. The molecule has 0 spiro atoms. The minimum Gasteiger partial charge on any atom is -0.480 e. The average Bonchev–Trinajstić information content (AvgIpc) is 2.49. The van der Waals surface area contributed by atoms with Gasteiger partial charge in [0, 0.05) is 5.56 Å². The van der Waals surface area contributed by atoms with E-state index < -0.39 is 0 Å². The summed E-state index contributed by atoms with van der Waals surface area (Å²) in [6.45, 7) is 6.16. The molecule has 2 rings (SSSR count). The van der Waals surface area contributed by atoms with Crippen molar-refractivity contribution in [3.8, 4) is 29.6 Å². The van der Waals surface area contributed by atoms with Crippen LogP contribution in [0.5, 0.6) is 17.2 Å². The maximum atomic E-state index is 5.95. The van der Waals surface area contributed by atoms with E-state index in [0.717, 1.165) is 14.9 Å². The molecular weight excluding hydrogens is 405 g/mol. The summed E-state index contributed by atoms with van der Waals surface area (Å²) in [5.41, 5.74) is 6.90. The molecule has 0 aliphatic carbocycles. The van der Waals surface area contributed by atoms with Crippen molar-refractivity contribution in [3.05, 3.63) is 33.3 Å². The van der Waals surface area contributed by atoms with Gasteiger partial charge in [0.2, 0.25) is 0 Å². The molecule has 1 aromatic carbocycles. The number of nitrogen functional groups attached to an aromatic ring is 1. The zero-order valence-corrected chi connectivity index (χ0v) is 15.4. The number of ether oxygens (including phenoxy) is 2. The second-order valence-electron chi connectivity index (χ2n) is 5.24. The lowest BCUT2D eigenvalue weighted by Gasteiger charge is -2.17. The molecule has 120 valence electrons. The fourth-order valence-electron chi connectivity index (χ4n) is 1.99. The first-order valence-corrected chi connectivity index (χ1v) is 8.17. The van der Waals surface area contributed by atoms with Crippen molar-refractivity contribution >= 4 is 28.4 Å². The summed E-state index contributed by atoms with van der Waals surface area (Å²) < 4.78 is 12.4. The predicted molar refractivity (Wildman–Crippen MR) is 98.8 cm³/mol. The van der Waals surface area contributed by atoms with Gasteiger partial charge in [-0.3, -0.25) is 0 Å². The van der Waals surface area contributed by atoms with E-state index in [9.17, 15) is 0 Å². The van der Waals surface area contributed by atoms with Crippen LogP contribution in [-0.4, -0.2) is 16.6 Å². The summed E-state index contributed by atoms with van der Waals surface area (Å²) in [5, 5.41) is 0. The molecule has 0 unspecified atom stereocenters. The van der Waals surface area contributed by atoms with E-state index in [1.54, 1.807) is 13.1 Å². The summed E-state index contributed by atoms with van der Waals surface area (Å²) in [6.07, 6.45) is 6.84. The van der Waals surface area contributed by atoms with Crippen molar-refractivity contribution in [1.29, 1.82) is 0 Å². The molecule has 0 amide bonds. The Balaban J connectivity index is 2.41. The number of rotatable bonds is 5. The van der Waals surface area contributed by atoms with Crippen LogP contribution in [0.25, 0.3) is 0 Å². The highest BCUT2D eigenvalue weighted by Crippen LogP contribution is 2.37. The molecule has 2 N–H and O–H groups in total. The topological polar surface area (TPSA) is 70.3 Å². The minimum absolute atomic E-state index is 0.229. The second kappa shape index (κ2) is 7.51. The molecule has 1 heterocycles. The molecule has 0 bridgehead atoms. The number of benzene rings is 1. The number of anilines is 1. The Labute approximate surface area is 149 Å². The highest BCUT2D eigenvalue weighted by Gasteiger charge is 2.15. The molecule has 0 radical (unpaired) electrons. The van der Waals surface area contributed by atoms with Gasteiger partial charge in [-0.2, -0.15) is 0 Å². The number of terminal acetylenes is 1.